The largest absolute Gasteiger partial charge is 0.496 e. The Morgan fingerprint density at radius 2 is 1.77 bits per heavy atom. The normalized spacial score (nSPS) is 10.4. The molecule has 0 fully saturated rings. The second kappa shape index (κ2) is 7.32. The third-order valence-corrected chi connectivity index (χ3v) is 3.88. The Hall–Kier alpha value is -2.00. The summed E-state index contributed by atoms with van der Waals surface area (Å²) in [6, 6.07) is 11.1. The zero-order chi connectivity index (χ0) is 16.1. The number of hydrogen-bond donors (Lipinski definition) is 1. The van der Waals surface area contributed by atoms with Gasteiger partial charge in [-0.3, -0.25) is 4.79 Å². The Labute approximate surface area is 136 Å². The Bertz CT molecular complexity index is 661. The molecule has 3 nitrogen and oxygen atoms in total. The summed E-state index contributed by atoms with van der Waals surface area (Å²) in [5.74, 6) is 0.295. The van der Waals surface area contributed by atoms with Crippen molar-refractivity contribution in [1.82, 2.24) is 0 Å². The Kier molecular flexibility index (Phi) is 5.45. The lowest BCUT2D eigenvalue weighted by Crippen LogP contribution is -2.16. The Morgan fingerprint density at radius 1 is 1.14 bits per heavy atom. The molecule has 0 unspecified atom stereocenters. The molecule has 0 aromatic heterocycles. The van der Waals surface area contributed by atoms with Crippen molar-refractivity contribution in [3.63, 3.8) is 0 Å². The average Bonchev–Trinajstić information content (AvgIpc) is 2.54. The van der Waals surface area contributed by atoms with Crippen LogP contribution < -0.4 is 10.1 Å². The molecular weight excluding hydrogens is 298 g/mol. The van der Waals surface area contributed by atoms with Crippen LogP contribution in [-0.2, 0) is 12.8 Å². The topological polar surface area (TPSA) is 38.3 Å². The SMILES string of the molecule is CCc1cccc(CC)c1NC(=O)c1cc(Cl)ccc1OC. The molecule has 0 saturated carbocycles. The van der Waals surface area contributed by atoms with Crippen LogP contribution in [0.2, 0.25) is 5.02 Å². The van der Waals surface area contributed by atoms with Gasteiger partial charge in [0.1, 0.15) is 5.75 Å². The lowest BCUT2D eigenvalue weighted by atomic mass is 10.0. The van der Waals surface area contributed by atoms with Gasteiger partial charge in [-0.25, -0.2) is 0 Å². The van der Waals surface area contributed by atoms with E-state index >= 15 is 0 Å². The first-order valence-electron chi connectivity index (χ1n) is 7.36. The van der Waals surface area contributed by atoms with Crippen LogP contribution in [0.1, 0.15) is 35.3 Å². The van der Waals surface area contributed by atoms with Crippen LogP contribution in [0.3, 0.4) is 0 Å². The highest BCUT2D eigenvalue weighted by Gasteiger charge is 2.16. The fourth-order valence-corrected chi connectivity index (χ4v) is 2.61. The van der Waals surface area contributed by atoms with Crippen molar-refractivity contribution in [3.05, 3.63) is 58.1 Å². The molecule has 2 aromatic carbocycles. The van der Waals surface area contributed by atoms with Crippen LogP contribution in [0.15, 0.2) is 36.4 Å². The number of hydrogen-bond acceptors (Lipinski definition) is 2. The van der Waals surface area contributed by atoms with Crippen LogP contribution in [-0.4, -0.2) is 13.0 Å². The number of aryl methyl sites for hydroxylation is 2. The minimum Gasteiger partial charge on any atom is -0.496 e. The summed E-state index contributed by atoms with van der Waals surface area (Å²) >= 11 is 6.00. The predicted molar refractivity (Wildman–Crippen MR) is 91.2 cm³/mol. The maximum atomic E-state index is 12.6. The summed E-state index contributed by atoms with van der Waals surface area (Å²) in [5, 5.41) is 3.53. The molecule has 0 radical (unpaired) electrons. The lowest BCUT2D eigenvalue weighted by molar-refractivity contribution is 0.102. The molecule has 22 heavy (non-hydrogen) atoms. The number of ether oxygens (including phenoxy) is 1. The molecule has 116 valence electrons. The number of amides is 1. The molecule has 2 aromatic rings. The fourth-order valence-electron chi connectivity index (χ4n) is 2.44. The number of methoxy groups -OCH3 is 1. The predicted octanol–water partition coefficient (Wildman–Crippen LogP) is 4.73. The van der Waals surface area contributed by atoms with Crippen molar-refractivity contribution in [1.29, 1.82) is 0 Å². The fraction of sp³-hybridized carbons (Fsp3) is 0.278. The molecule has 0 heterocycles. The van der Waals surface area contributed by atoms with E-state index in [4.69, 9.17) is 16.3 Å². The summed E-state index contributed by atoms with van der Waals surface area (Å²) < 4.78 is 5.25. The molecule has 1 amide bonds. The van der Waals surface area contributed by atoms with Gasteiger partial charge < -0.3 is 10.1 Å². The quantitative estimate of drug-likeness (QED) is 0.866. The lowest BCUT2D eigenvalue weighted by Gasteiger charge is -2.15. The number of para-hydroxylation sites is 1. The number of anilines is 1. The van der Waals surface area contributed by atoms with Crippen molar-refractivity contribution in [2.24, 2.45) is 0 Å². The van der Waals surface area contributed by atoms with Crippen molar-refractivity contribution in [2.75, 3.05) is 12.4 Å². The van der Waals surface area contributed by atoms with E-state index in [9.17, 15) is 4.79 Å². The van der Waals surface area contributed by atoms with Crippen LogP contribution in [0.5, 0.6) is 5.75 Å². The second-order valence-electron chi connectivity index (χ2n) is 4.96. The van der Waals surface area contributed by atoms with Gasteiger partial charge in [-0.1, -0.05) is 43.6 Å². The zero-order valence-electron chi connectivity index (χ0n) is 13.1. The second-order valence-corrected chi connectivity index (χ2v) is 5.39. The molecule has 0 bridgehead atoms. The summed E-state index contributed by atoms with van der Waals surface area (Å²) in [6.45, 7) is 4.15. The third kappa shape index (κ3) is 3.42. The van der Waals surface area contributed by atoms with E-state index in [0.717, 1.165) is 29.7 Å². The number of carbonyl (C=O) groups is 1. The number of rotatable bonds is 5. The molecule has 4 heteroatoms. The summed E-state index contributed by atoms with van der Waals surface area (Å²) in [5.41, 5.74) is 3.56. The Morgan fingerprint density at radius 3 is 2.32 bits per heavy atom. The third-order valence-electron chi connectivity index (χ3n) is 3.64. The molecule has 1 N–H and O–H groups in total. The summed E-state index contributed by atoms with van der Waals surface area (Å²) in [4.78, 5) is 12.6. The van der Waals surface area contributed by atoms with E-state index in [1.165, 1.54) is 7.11 Å². The first kappa shape index (κ1) is 16.4. The number of halogens is 1. The monoisotopic (exact) mass is 317 g/mol. The van der Waals surface area contributed by atoms with Crippen molar-refractivity contribution >= 4 is 23.2 Å². The van der Waals surface area contributed by atoms with Gasteiger partial charge in [-0.15, -0.1) is 0 Å². The van der Waals surface area contributed by atoms with E-state index in [0.29, 0.717) is 16.3 Å². The summed E-state index contributed by atoms with van der Waals surface area (Å²) in [6.07, 6.45) is 1.71. The van der Waals surface area contributed by atoms with Crippen molar-refractivity contribution in [3.8, 4) is 5.75 Å². The van der Waals surface area contributed by atoms with Gasteiger partial charge in [0.15, 0.2) is 0 Å². The smallest absolute Gasteiger partial charge is 0.259 e. The van der Waals surface area contributed by atoms with Gasteiger partial charge in [0.25, 0.3) is 5.91 Å². The maximum absolute atomic E-state index is 12.6. The van der Waals surface area contributed by atoms with E-state index < -0.39 is 0 Å². The van der Waals surface area contributed by atoms with Crippen LogP contribution in [0, 0.1) is 0 Å². The number of carbonyl (C=O) groups excluding carboxylic acids is 1. The van der Waals surface area contributed by atoms with Gasteiger partial charge in [0.2, 0.25) is 0 Å². The summed E-state index contributed by atoms with van der Waals surface area (Å²) in [7, 11) is 1.54. The highest BCUT2D eigenvalue weighted by molar-refractivity contribution is 6.31. The van der Waals surface area contributed by atoms with Gasteiger partial charge in [-0.05, 0) is 42.2 Å². The number of nitrogens with one attached hydrogen (secondary N) is 1. The van der Waals surface area contributed by atoms with Gasteiger partial charge in [0.05, 0.1) is 12.7 Å². The molecule has 0 saturated heterocycles. The molecule has 2 rings (SSSR count). The molecular formula is C18H20ClNO2. The minimum absolute atomic E-state index is 0.213. The van der Waals surface area contributed by atoms with E-state index in [1.807, 2.05) is 18.2 Å². The van der Waals surface area contributed by atoms with E-state index in [-0.39, 0.29) is 5.91 Å². The number of benzene rings is 2. The molecule has 0 aliphatic heterocycles. The molecule has 0 atom stereocenters. The zero-order valence-corrected chi connectivity index (χ0v) is 13.8. The van der Waals surface area contributed by atoms with Gasteiger partial charge in [0, 0.05) is 10.7 Å². The molecule has 0 spiro atoms. The van der Waals surface area contributed by atoms with Crippen molar-refractivity contribution in [2.45, 2.75) is 26.7 Å². The van der Waals surface area contributed by atoms with Gasteiger partial charge in [-0.2, -0.15) is 0 Å². The van der Waals surface area contributed by atoms with Crippen LogP contribution in [0.25, 0.3) is 0 Å². The molecule has 0 aliphatic carbocycles. The average molecular weight is 318 g/mol. The first-order valence-corrected chi connectivity index (χ1v) is 7.74. The van der Waals surface area contributed by atoms with Gasteiger partial charge >= 0.3 is 0 Å². The van der Waals surface area contributed by atoms with Crippen LogP contribution in [0.4, 0.5) is 5.69 Å². The van der Waals surface area contributed by atoms with Crippen LogP contribution >= 0.6 is 11.6 Å². The minimum atomic E-state index is -0.213. The molecule has 0 aliphatic rings. The highest BCUT2D eigenvalue weighted by atomic mass is 35.5. The standard InChI is InChI=1S/C18H20ClNO2/c1-4-12-7-6-8-13(5-2)17(12)20-18(21)15-11-14(19)9-10-16(15)22-3/h6-11H,4-5H2,1-3H3,(H,20,21). The van der Waals surface area contributed by atoms with E-state index in [2.05, 4.69) is 19.2 Å². The van der Waals surface area contributed by atoms with Crippen molar-refractivity contribution < 1.29 is 9.53 Å². The first-order chi connectivity index (χ1) is 10.6. The Balaban J connectivity index is 2.39. The maximum Gasteiger partial charge on any atom is 0.259 e. The van der Waals surface area contributed by atoms with E-state index in [1.54, 1.807) is 18.2 Å². The highest BCUT2D eigenvalue weighted by Crippen LogP contribution is 2.27.